The first kappa shape index (κ1) is 24.3. The fourth-order valence-electron chi connectivity index (χ4n) is 3.26. The lowest BCUT2D eigenvalue weighted by Crippen LogP contribution is -2.27. The van der Waals surface area contributed by atoms with Gasteiger partial charge in [0.25, 0.3) is 0 Å². The number of nitrogens with zero attached hydrogens (tertiary/aromatic N) is 1. The molecular weight excluding hydrogens is 415 g/mol. The van der Waals surface area contributed by atoms with Crippen LogP contribution in [0.5, 0.6) is 0 Å². The molecule has 0 saturated carbocycles. The summed E-state index contributed by atoms with van der Waals surface area (Å²) < 4.78 is 50.4. The van der Waals surface area contributed by atoms with Gasteiger partial charge in [-0.1, -0.05) is 26.0 Å². The maximum atomic E-state index is 13.3. The number of aromatic nitrogens is 1. The van der Waals surface area contributed by atoms with Crippen LogP contribution in [0.4, 0.5) is 13.2 Å². The van der Waals surface area contributed by atoms with Crippen LogP contribution in [-0.4, -0.2) is 41.8 Å². The zero-order valence-electron chi connectivity index (χ0n) is 17.8. The predicted molar refractivity (Wildman–Crippen MR) is 107 cm³/mol. The molecule has 1 aromatic carbocycles. The van der Waals surface area contributed by atoms with Crippen LogP contribution in [0.3, 0.4) is 0 Å². The van der Waals surface area contributed by atoms with Crippen molar-refractivity contribution < 1.29 is 37.3 Å². The molecule has 1 atom stereocenters. The highest BCUT2D eigenvalue weighted by molar-refractivity contribution is 6.06. The van der Waals surface area contributed by atoms with Gasteiger partial charge in [0.2, 0.25) is 0 Å². The van der Waals surface area contributed by atoms with Crippen LogP contribution in [-0.2, 0) is 15.7 Å². The Kier molecular flexibility index (Phi) is 7.43. The number of carboxylic acids is 1. The van der Waals surface area contributed by atoms with Gasteiger partial charge in [-0.25, -0.2) is 9.59 Å². The Hall–Kier alpha value is -2.94. The average Bonchev–Trinajstić information content (AvgIpc) is 2.66. The van der Waals surface area contributed by atoms with E-state index in [2.05, 4.69) is 4.98 Å². The number of methoxy groups -OCH3 is 1. The largest absolute Gasteiger partial charge is 0.478 e. The fraction of sp³-hybridized carbons (Fsp3) is 0.409. The number of aryl methyl sites for hydroxylation is 2. The number of ether oxygens (including phenoxy) is 2. The molecule has 1 heterocycles. The van der Waals surface area contributed by atoms with Gasteiger partial charge in [0.05, 0.1) is 34.2 Å². The predicted octanol–water partition coefficient (Wildman–Crippen LogP) is 4.91. The molecule has 0 bridgehead atoms. The molecule has 168 valence electrons. The monoisotopic (exact) mass is 439 g/mol. The van der Waals surface area contributed by atoms with Gasteiger partial charge in [-0.3, -0.25) is 4.98 Å². The number of carbonyl (C=O) groups is 2. The van der Waals surface area contributed by atoms with Crippen LogP contribution in [0.2, 0.25) is 0 Å². The number of hydrogen-bond donors (Lipinski definition) is 1. The lowest BCUT2D eigenvalue weighted by Gasteiger charge is -2.21. The van der Waals surface area contributed by atoms with Crippen molar-refractivity contribution in [3.8, 4) is 11.1 Å². The summed E-state index contributed by atoms with van der Waals surface area (Å²) in [4.78, 5) is 29.0. The molecule has 6 nitrogen and oxygen atoms in total. The first-order chi connectivity index (χ1) is 14.4. The van der Waals surface area contributed by atoms with E-state index in [1.165, 1.54) is 27.0 Å². The summed E-state index contributed by atoms with van der Waals surface area (Å²) in [7, 11) is 1.47. The third kappa shape index (κ3) is 5.41. The molecule has 1 N–H and O–H groups in total. The Bertz CT molecular complexity index is 986. The van der Waals surface area contributed by atoms with E-state index in [1.807, 2.05) is 13.8 Å². The quantitative estimate of drug-likeness (QED) is 0.617. The second-order valence-corrected chi connectivity index (χ2v) is 7.41. The lowest BCUT2D eigenvalue weighted by molar-refractivity contribution is -0.137. The van der Waals surface area contributed by atoms with E-state index in [0.29, 0.717) is 0 Å². The van der Waals surface area contributed by atoms with Crippen molar-refractivity contribution in [1.82, 2.24) is 4.98 Å². The first-order valence-electron chi connectivity index (χ1n) is 9.50. The van der Waals surface area contributed by atoms with Crippen molar-refractivity contribution in [2.45, 2.75) is 40.0 Å². The Labute approximate surface area is 178 Å². The van der Waals surface area contributed by atoms with Gasteiger partial charge in [-0.2, -0.15) is 13.2 Å². The molecule has 2 aromatic rings. The van der Waals surface area contributed by atoms with Crippen LogP contribution in [0, 0.1) is 19.8 Å². The van der Waals surface area contributed by atoms with E-state index in [9.17, 15) is 27.9 Å². The Morgan fingerprint density at radius 1 is 1.13 bits per heavy atom. The van der Waals surface area contributed by atoms with Gasteiger partial charge in [0.15, 0.2) is 0 Å². The minimum absolute atomic E-state index is 0.0348. The van der Waals surface area contributed by atoms with Crippen LogP contribution in [0.1, 0.15) is 51.5 Å². The maximum absolute atomic E-state index is 13.3. The number of alkyl halides is 3. The molecule has 0 aliphatic carbocycles. The van der Waals surface area contributed by atoms with Crippen molar-refractivity contribution in [3.05, 3.63) is 52.3 Å². The fourth-order valence-corrected chi connectivity index (χ4v) is 3.26. The minimum Gasteiger partial charge on any atom is -0.478 e. The summed E-state index contributed by atoms with van der Waals surface area (Å²) in [5, 5.41) is 9.73. The van der Waals surface area contributed by atoms with Gasteiger partial charge in [-0.05, 0) is 37.5 Å². The lowest BCUT2D eigenvalue weighted by atomic mass is 9.91. The topological polar surface area (TPSA) is 85.7 Å². The number of esters is 1. The number of carboxylic acid groups (broad SMARTS) is 1. The third-order valence-corrected chi connectivity index (χ3v) is 4.88. The molecule has 0 aliphatic heterocycles. The standard InChI is InChI=1S/C22H24F3NO5/c1-11(2)16(30-5)10-31-21(29)18-13(4)26-12(3)17(20(27)28)19(18)14-7-6-8-15(9-14)22(23,24)25/h6-9,11,16H,10H2,1-5H3,(H,27,28). The maximum Gasteiger partial charge on any atom is 0.416 e. The van der Waals surface area contributed by atoms with Crippen molar-refractivity contribution >= 4 is 11.9 Å². The van der Waals surface area contributed by atoms with E-state index in [0.717, 1.165) is 18.2 Å². The summed E-state index contributed by atoms with van der Waals surface area (Å²) in [5.41, 5.74) is -1.52. The number of aromatic carboxylic acids is 1. The number of halogens is 3. The van der Waals surface area contributed by atoms with Gasteiger partial charge >= 0.3 is 18.1 Å². The van der Waals surface area contributed by atoms with Gasteiger partial charge in [-0.15, -0.1) is 0 Å². The molecule has 31 heavy (non-hydrogen) atoms. The Balaban J connectivity index is 2.69. The summed E-state index contributed by atoms with van der Waals surface area (Å²) in [6, 6.07) is 4.15. The molecule has 9 heteroatoms. The van der Waals surface area contributed by atoms with Crippen molar-refractivity contribution in [2.75, 3.05) is 13.7 Å². The van der Waals surface area contributed by atoms with E-state index >= 15 is 0 Å². The first-order valence-corrected chi connectivity index (χ1v) is 9.50. The van der Waals surface area contributed by atoms with Crippen molar-refractivity contribution in [3.63, 3.8) is 0 Å². The number of benzene rings is 1. The van der Waals surface area contributed by atoms with E-state index < -0.39 is 29.8 Å². The molecule has 1 aromatic heterocycles. The van der Waals surface area contributed by atoms with Gasteiger partial charge < -0.3 is 14.6 Å². The molecule has 0 amide bonds. The summed E-state index contributed by atoms with van der Waals surface area (Å²) in [6.07, 6.45) is -5.04. The highest BCUT2D eigenvalue weighted by atomic mass is 19.4. The molecule has 0 spiro atoms. The highest BCUT2D eigenvalue weighted by Gasteiger charge is 2.32. The molecule has 0 radical (unpaired) electrons. The molecule has 0 aliphatic rings. The van der Waals surface area contributed by atoms with Crippen LogP contribution in [0.25, 0.3) is 11.1 Å². The SMILES string of the molecule is COC(COC(=O)c1c(C)nc(C)c(C(=O)O)c1-c1cccc(C(F)(F)F)c1)C(C)C. The zero-order valence-corrected chi connectivity index (χ0v) is 17.8. The van der Waals surface area contributed by atoms with Crippen LogP contribution >= 0.6 is 0 Å². The Morgan fingerprint density at radius 2 is 1.74 bits per heavy atom. The van der Waals surface area contributed by atoms with E-state index in [1.54, 1.807) is 0 Å². The zero-order chi connectivity index (χ0) is 23.5. The summed E-state index contributed by atoms with van der Waals surface area (Å²) >= 11 is 0. The van der Waals surface area contributed by atoms with Gasteiger partial charge in [0, 0.05) is 12.7 Å². The summed E-state index contributed by atoms with van der Waals surface area (Å²) in [5.74, 6) is -2.27. The van der Waals surface area contributed by atoms with E-state index in [4.69, 9.17) is 9.47 Å². The number of rotatable bonds is 7. The number of pyridine rings is 1. The second-order valence-electron chi connectivity index (χ2n) is 7.41. The van der Waals surface area contributed by atoms with Crippen molar-refractivity contribution in [1.29, 1.82) is 0 Å². The Morgan fingerprint density at radius 3 is 2.26 bits per heavy atom. The number of carbonyl (C=O) groups excluding carboxylic acids is 1. The summed E-state index contributed by atoms with van der Waals surface area (Å²) in [6.45, 7) is 6.53. The average molecular weight is 439 g/mol. The third-order valence-electron chi connectivity index (χ3n) is 4.88. The minimum atomic E-state index is -4.64. The van der Waals surface area contributed by atoms with Crippen molar-refractivity contribution in [2.24, 2.45) is 5.92 Å². The van der Waals surface area contributed by atoms with Gasteiger partial charge in [0.1, 0.15) is 6.61 Å². The van der Waals surface area contributed by atoms with Crippen LogP contribution in [0.15, 0.2) is 24.3 Å². The molecule has 1 unspecified atom stereocenters. The molecule has 0 fully saturated rings. The molecule has 0 saturated heterocycles. The smallest absolute Gasteiger partial charge is 0.416 e. The highest BCUT2D eigenvalue weighted by Crippen LogP contribution is 2.36. The van der Waals surface area contributed by atoms with Crippen LogP contribution < -0.4 is 0 Å². The number of hydrogen-bond acceptors (Lipinski definition) is 5. The second kappa shape index (κ2) is 9.47. The normalized spacial score (nSPS) is 12.7. The molecular formula is C22H24F3NO5. The molecule has 2 rings (SSSR count). The van der Waals surface area contributed by atoms with E-state index in [-0.39, 0.29) is 46.2 Å².